The Kier molecular flexibility index (Phi) is 6.18. The maximum Gasteiger partial charge on any atom is 0.310 e. The van der Waals surface area contributed by atoms with Crippen LogP contribution in [-0.4, -0.2) is 57.5 Å². The lowest BCUT2D eigenvalue weighted by Crippen LogP contribution is -2.37. The average Bonchev–Trinajstić information content (AvgIpc) is 2.61. The van der Waals surface area contributed by atoms with Gasteiger partial charge in [-0.1, -0.05) is 6.92 Å². The normalized spacial score (nSPS) is 15.6. The molecular formula is C16H22N4O3. The van der Waals surface area contributed by atoms with E-state index in [-0.39, 0.29) is 18.4 Å². The summed E-state index contributed by atoms with van der Waals surface area (Å²) < 4.78 is 10.1. The first-order valence-corrected chi connectivity index (χ1v) is 7.64. The largest absolute Gasteiger partial charge is 0.469 e. The lowest BCUT2D eigenvalue weighted by molar-refractivity contribution is -0.144. The third-order valence-electron chi connectivity index (χ3n) is 3.79. The summed E-state index contributed by atoms with van der Waals surface area (Å²) in [5, 5.41) is 9.01. The first-order chi connectivity index (χ1) is 11.2. The highest BCUT2D eigenvalue weighted by Gasteiger charge is 2.19. The standard InChI is InChI=1S/C16H22N4O3/c1-13(16(21)22-2)12-20(6-5-17)14-3-4-15(18-11-14)19-7-9-23-10-8-19/h3-4,11,13H,6-10,12H2,1-2H3. The van der Waals surface area contributed by atoms with Gasteiger partial charge < -0.3 is 19.3 Å². The first kappa shape index (κ1) is 17.0. The topological polar surface area (TPSA) is 78.7 Å². The van der Waals surface area contributed by atoms with E-state index in [2.05, 4.69) is 16.0 Å². The van der Waals surface area contributed by atoms with Crippen LogP contribution < -0.4 is 9.80 Å². The van der Waals surface area contributed by atoms with Crippen LogP contribution in [0.25, 0.3) is 0 Å². The number of ether oxygens (including phenoxy) is 2. The van der Waals surface area contributed by atoms with Gasteiger partial charge in [0.2, 0.25) is 0 Å². The molecule has 2 heterocycles. The van der Waals surface area contributed by atoms with Gasteiger partial charge in [0.05, 0.1) is 44.2 Å². The van der Waals surface area contributed by atoms with Crippen molar-refractivity contribution in [3.8, 4) is 6.07 Å². The van der Waals surface area contributed by atoms with E-state index in [0.717, 1.165) is 24.6 Å². The number of pyridine rings is 1. The Hall–Kier alpha value is -2.33. The smallest absolute Gasteiger partial charge is 0.310 e. The van der Waals surface area contributed by atoms with E-state index in [9.17, 15) is 4.79 Å². The average molecular weight is 318 g/mol. The fourth-order valence-corrected chi connectivity index (χ4v) is 2.50. The molecule has 2 rings (SSSR count). The van der Waals surface area contributed by atoms with Gasteiger partial charge in [0.15, 0.2) is 0 Å². The monoisotopic (exact) mass is 318 g/mol. The Morgan fingerprint density at radius 1 is 1.52 bits per heavy atom. The van der Waals surface area contributed by atoms with E-state index >= 15 is 0 Å². The lowest BCUT2D eigenvalue weighted by Gasteiger charge is -2.29. The number of esters is 1. The summed E-state index contributed by atoms with van der Waals surface area (Å²) >= 11 is 0. The summed E-state index contributed by atoms with van der Waals surface area (Å²) in [7, 11) is 1.37. The van der Waals surface area contributed by atoms with Crippen LogP contribution in [0.2, 0.25) is 0 Å². The van der Waals surface area contributed by atoms with Gasteiger partial charge in [-0.3, -0.25) is 4.79 Å². The molecule has 0 radical (unpaired) electrons. The lowest BCUT2D eigenvalue weighted by atomic mass is 10.1. The van der Waals surface area contributed by atoms with Gasteiger partial charge in [-0.05, 0) is 12.1 Å². The number of hydrogen-bond donors (Lipinski definition) is 0. The van der Waals surface area contributed by atoms with E-state index in [1.54, 1.807) is 13.1 Å². The molecule has 7 nitrogen and oxygen atoms in total. The van der Waals surface area contributed by atoms with E-state index in [4.69, 9.17) is 14.7 Å². The molecule has 0 spiro atoms. The predicted molar refractivity (Wildman–Crippen MR) is 86.3 cm³/mol. The molecule has 0 saturated carbocycles. The molecule has 0 aromatic carbocycles. The van der Waals surface area contributed by atoms with Crippen molar-refractivity contribution in [1.82, 2.24) is 4.98 Å². The molecule has 0 N–H and O–H groups in total. The third kappa shape index (κ3) is 4.57. The molecule has 0 aliphatic carbocycles. The Balaban J connectivity index is 2.07. The van der Waals surface area contributed by atoms with Crippen molar-refractivity contribution in [2.45, 2.75) is 6.92 Å². The summed E-state index contributed by atoms with van der Waals surface area (Å²) in [6.07, 6.45) is 1.74. The summed E-state index contributed by atoms with van der Waals surface area (Å²) in [5.41, 5.74) is 0.819. The molecule has 7 heteroatoms. The number of nitrogens with zero attached hydrogens (tertiary/aromatic N) is 4. The number of carbonyl (C=O) groups excluding carboxylic acids is 1. The molecular weight excluding hydrogens is 296 g/mol. The van der Waals surface area contributed by atoms with Crippen LogP contribution >= 0.6 is 0 Å². The second kappa shape index (κ2) is 8.34. The molecule has 1 fully saturated rings. The first-order valence-electron chi connectivity index (χ1n) is 7.64. The number of methoxy groups -OCH3 is 1. The molecule has 1 aliphatic heterocycles. The Labute approximate surface area is 136 Å². The number of rotatable bonds is 6. The van der Waals surface area contributed by atoms with Crippen molar-refractivity contribution in [3.63, 3.8) is 0 Å². The number of anilines is 2. The van der Waals surface area contributed by atoms with Crippen molar-refractivity contribution in [2.75, 3.05) is 56.3 Å². The van der Waals surface area contributed by atoms with E-state index in [1.165, 1.54) is 7.11 Å². The number of carbonyl (C=O) groups is 1. The van der Waals surface area contributed by atoms with Gasteiger partial charge in [0.1, 0.15) is 12.4 Å². The van der Waals surface area contributed by atoms with Crippen LogP contribution in [0.15, 0.2) is 18.3 Å². The van der Waals surface area contributed by atoms with Crippen LogP contribution in [0, 0.1) is 17.2 Å². The second-order valence-electron chi connectivity index (χ2n) is 5.44. The Morgan fingerprint density at radius 3 is 2.83 bits per heavy atom. The van der Waals surface area contributed by atoms with Crippen LogP contribution in [0.4, 0.5) is 11.5 Å². The van der Waals surface area contributed by atoms with Gasteiger partial charge in [-0.25, -0.2) is 4.98 Å². The van der Waals surface area contributed by atoms with Crippen molar-refractivity contribution < 1.29 is 14.3 Å². The second-order valence-corrected chi connectivity index (χ2v) is 5.44. The highest BCUT2D eigenvalue weighted by Crippen LogP contribution is 2.19. The zero-order valence-electron chi connectivity index (χ0n) is 13.6. The molecule has 0 bridgehead atoms. The van der Waals surface area contributed by atoms with Crippen molar-refractivity contribution >= 4 is 17.5 Å². The number of morpholine rings is 1. The third-order valence-corrected chi connectivity index (χ3v) is 3.79. The van der Waals surface area contributed by atoms with Crippen molar-refractivity contribution in [3.05, 3.63) is 18.3 Å². The Morgan fingerprint density at radius 2 is 2.26 bits per heavy atom. The minimum atomic E-state index is -0.313. The van der Waals surface area contributed by atoms with Crippen LogP contribution in [-0.2, 0) is 14.3 Å². The molecule has 1 aliphatic rings. The minimum absolute atomic E-state index is 0.194. The molecule has 1 aromatic heterocycles. The fourth-order valence-electron chi connectivity index (χ4n) is 2.50. The zero-order valence-corrected chi connectivity index (χ0v) is 13.6. The van der Waals surface area contributed by atoms with Gasteiger partial charge in [0.25, 0.3) is 0 Å². The van der Waals surface area contributed by atoms with Crippen molar-refractivity contribution in [1.29, 1.82) is 5.26 Å². The zero-order chi connectivity index (χ0) is 16.7. The Bertz CT molecular complexity index is 549. The number of aromatic nitrogens is 1. The fraction of sp³-hybridized carbons (Fsp3) is 0.562. The highest BCUT2D eigenvalue weighted by molar-refractivity contribution is 5.72. The molecule has 1 atom stereocenters. The summed E-state index contributed by atoms with van der Waals surface area (Å²) in [6, 6.07) is 5.99. The van der Waals surface area contributed by atoms with Crippen LogP contribution in [0.3, 0.4) is 0 Å². The number of hydrogen-bond acceptors (Lipinski definition) is 7. The van der Waals surface area contributed by atoms with Crippen molar-refractivity contribution in [2.24, 2.45) is 5.92 Å². The summed E-state index contributed by atoms with van der Waals surface area (Å²) in [4.78, 5) is 20.1. The molecule has 1 unspecified atom stereocenters. The van der Waals surface area contributed by atoms with Crippen LogP contribution in [0.1, 0.15) is 6.92 Å². The van der Waals surface area contributed by atoms with Gasteiger partial charge >= 0.3 is 5.97 Å². The van der Waals surface area contributed by atoms with Gasteiger partial charge in [-0.15, -0.1) is 0 Å². The SMILES string of the molecule is COC(=O)C(C)CN(CC#N)c1ccc(N2CCOCC2)nc1. The quantitative estimate of drug-likeness (QED) is 0.573. The summed E-state index contributed by atoms with van der Waals surface area (Å²) in [6.45, 7) is 5.47. The molecule has 124 valence electrons. The predicted octanol–water partition coefficient (Wildman–Crippen LogP) is 1.06. The van der Waals surface area contributed by atoms with E-state index < -0.39 is 0 Å². The van der Waals surface area contributed by atoms with Gasteiger partial charge in [-0.2, -0.15) is 5.26 Å². The molecule has 0 amide bonds. The number of nitriles is 1. The summed E-state index contributed by atoms with van der Waals surface area (Å²) in [5.74, 6) is 0.299. The van der Waals surface area contributed by atoms with E-state index in [0.29, 0.717) is 19.8 Å². The molecule has 1 saturated heterocycles. The molecule has 1 aromatic rings. The van der Waals surface area contributed by atoms with E-state index in [1.807, 2.05) is 17.0 Å². The maximum absolute atomic E-state index is 11.6. The highest BCUT2D eigenvalue weighted by atomic mass is 16.5. The van der Waals surface area contributed by atoms with Gasteiger partial charge in [0, 0.05) is 19.6 Å². The maximum atomic E-state index is 11.6. The molecule has 23 heavy (non-hydrogen) atoms. The minimum Gasteiger partial charge on any atom is -0.469 e. The van der Waals surface area contributed by atoms with Crippen LogP contribution in [0.5, 0.6) is 0 Å².